The zero-order valence-electron chi connectivity index (χ0n) is 5.15. The van der Waals surface area contributed by atoms with E-state index in [4.69, 9.17) is 0 Å². The highest BCUT2D eigenvalue weighted by atomic mass is 79.9. The van der Waals surface area contributed by atoms with E-state index >= 15 is 0 Å². The molecule has 46 valence electrons. The van der Waals surface area contributed by atoms with E-state index in [1.54, 1.807) is 0 Å². The maximum Gasteiger partial charge on any atom is -0.0120 e. The van der Waals surface area contributed by atoms with Crippen molar-refractivity contribution >= 4 is 15.9 Å². The van der Waals surface area contributed by atoms with Gasteiger partial charge in [-0.05, 0) is 24.2 Å². The van der Waals surface area contributed by atoms with Crippen LogP contribution in [0.1, 0.15) is 19.8 Å². The van der Waals surface area contributed by atoms with Crippen LogP contribution in [0, 0.1) is 0 Å². The van der Waals surface area contributed by atoms with Gasteiger partial charge in [-0.3, -0.25) is 0 Å². The maximum atomic E-state index is 3.61. The van der Waals surface area contributed by atoms with E-state index < -0.39 is 0 Å². The standard InChI is InChI=1S/C7H11Br/c1-3-4-5-6-7(2)8/h3,6H,1,4-5H2,2H3/b7-6-. The van der Waals surface area contributed by atoms with Crippen LogP contribution >= 0.6 is 15.9 Å². The summed E-state index contributed by atoms with van der Waals surface area (Å²) in [5, 5.41) is 0. The molecule has 0 rings (SSSR count). The van der Waals surface area contributed by atoms with Crippen LogP contribution in [-0.4, -0.2) is 0 Å². The number of rotatable bonds is 3. The van der Waals surface area contributed by atoms with Crippen molar-refractivity contribution in [2.24, 2.45) is 0 Å². The highest BCUT2D eigenvalue weighted by Gasteiger charge is 1.76. The Labute approximate surface area is 59.4 Å². The van der Waals surface area contributed by atoms with Crippen LogP contribution in [0.3, 0.4) is 0 Å². The highest BCUT2D eigenvalue weighted by Crippen LogP contribution is 2.04. The number of hydrogen-bond acceptors (Lipinski definition) is 0. The Morgan fingerprint density at radius 1 is 1.62 bits per heavy atom. The Kier molecular flexibility index (Phi) is 5.08. The van der Waals surface area contributed by atoms with E-state index in [1.807, 2.05) is 13.0 Å². The molecule has 0 aliphatic rings. The average Bonchev–Trinajstić information content (AvgIpc) is 1.66. The smallest absolute Gasteiger partial charge is 0.0120 e. The van der Waals surface area contributed by atoms with Gasteiger partial charge in [-0.2, -0.15) is 0 Å². The molecule has 0 bridgehead atoms. The van der Waals surface area contributed by atoms with Crippen LogP contribution in [-0.2, 0) is 0 Å². The Morgan fingerprint density at radius 2 is 2.25 bits per heavy atom. The molecule has 0 amide bonds. The molecule has 0 aliphatic heterocycles. The van der Waals surface area contributed by atoms with E-state index in [-0.39, 0.29) is 0 Å². The minimum atomic E-state index is 1.07. The van der Waals surface area contributed by atoms with E-state index in [1.165, 1.54) is 4.48 Å². The predicted octanol–water partition coefficient (Wildman–Crippen LogP) is 3.25. The topological polar surface area (TPSA) is 0 Å². The van der Waals surface area contributed by atoms with E-state index in [9.17, 15) is 0 Å². The molecule has 0 saturated heterocycles. The molecule has 0 aromatic rings. The largest absolute Gasteiger partial charge is 0.103 e. The molecule has 8 heavy (non-hydrogen) atoms. The fraction of sp³-hybridized carbons (Fsp3) is 0.429. The lowest BCUT2D eigenvalue weighted by molar-refractivity contribution is 1.05. The Balaban J connectivity index is 3.15. The van der Waals surface area contributed by atoms with Crippen molar-refractivity contribution in [2.45, 2.75) is 19.8 Å². The Bertz CT molecular complexity index is 88.6. The van der Waals surface area contributed by atoms with Crippen LogP contribution < -0.4 is 0 Å². The summed E-state index contributed by atoms with van der Waals surface area (Å²) < 4.78 is 1.21. The quantitative estimate of drug-likeness (QED) is 0.456. The minimum Gasteiger partial charge on any atom is -0.103 e. The van der Waals surface area contributed by atoms with Crippen LogP contribution in [0.25, 0.3) is 0 Å². The van der Waals surface area contributed by atoms with Gasteiger partial charge in [0.15, 0.2) is 0 Å². The molecule has 0 saturated carbocycles. The van der Waals surface area contributed by atoms with Gasteiger partial charge in [-0.25, -0.2) is 0 Å². The SMILES string of the molecule is C=CCC/C=C(/C)Br. The molecular formula is C7H11Br. The van der Waals surface area contributed by atoms with Crippen molar-refractivity contribution in [1.82, 2.24) is 0 Å². The molecule has 0 unspecified atom stereocenters. The maximum absolute atomic E-state index is 3.61. The molecule has 0 aromatic heterocycles. The summed E-state index contributed by atoms with van der Waals surface area (Å²) >= 11 is 3.33. The van der Waals surface area contributed by atoms with Gasteiger partial charge in [0.2, 0.25) is 0 Å². The molecule has 0 fully saturated rings. The number of halogens is 1. The zero-order valence-corrected chi connectivity index (χ0v) is 6.74. The average molecular weight is 175 g/mol. The van der Waals surface area contributed by atoms with Crippen LogP contribution in [0.5, 0.6) is 0 Å². The second-order valence-corrected chi connectivity index (χ2v) is 2.91. The summed E-state index contributed by atoms with van der Waals surface area (Å²) in [5.74, 6) is 0. The Hall–Kier alpha value is -0.0400. The lowest BCUT2D eigenvalue weighted by atomic mass is 10.3. The van der Waals surface area contributed by atoms with E-state index in [0.29, 0.717) is 0 Å². The molecule has 0 N–H and O–H groups in total. The summed E-state index contributed by atoms with van der Waals surface area (Å²) in [5.41, 5.74) is 0. The molecule has 0 aromatic carbocycles. The second-order valence-electron chi connectivity index (χ2n) is 1.66. The first-order valence-electron chi connectivity index (χ1n) is 2.70. The highest BCUT2D eigenvalue weighted by molar-refractivity contribution is 9.11. The fourth-order valence-corrected chi connectivity index (χ4v) is 0.629. The third kappa shape index (κ3) is 5.96. The van der Waals surface area contributed by atoms with Gasteiger partial charge >= 0.3 is 0 Å². The summed E-state index contributed by atoms with van der Waals surface area (Å²) in [6.45, 7) is 5.64. The van der Waals surface area contributed by atoms with Crippen molar-refractivity contribution in [3.63, 3.8) is 0 Å². The first kappa shape index (κ1) is 7.96. The molecule has 0 heterocycles. The number of hydrogen-bond donors (Lipinski definition) is 0. The molecule has 0 nitrogen and oxygen atoms in total. The molecule has 0 atom stereocenters. The Morgan fingerprint density at radius 3 is 2.62 bits per heavy atom. The monoisotopic (exact) mass is 174 g/mol. The van der Waals surface area contributed by atoms with Crippen LogP contribution in [0.2, 0.25) is 0 Å². The van der Waals surface area contributed by atoms with Gasteiger partial charge in [0.25, 0.3) is 0 Å². The summed E-state index contributed by atoms with van der Waals surface area (Å²) in [6.07, 6.45) is 6.23. The summed E-state index contributed by atoms with van der Waals surface area (Å²) in [6, 6.07) is 0. The van der Waals surface area contributed by atoms with Crippen LogP contribution in [0.15, 0.2) is 23.2 Å². The van der Waals surface area contributed by atoms with Gasteiger partial charge in [-0.15, -0.1) is 6.58 Å². The lowest BCUT2D eigenvalue weighted by Crippen LogP contribution is -1.62. The van der Waals surface area contributed by atoms with Gasteiger partial charge in [0, 0.05) is 0 Å². The molecule has 1 heteroatoms. The van der Waals surface area contributed by atoms with Crippen molar-refractivity contribution < 1.29 is 0 Å². The summed E-state index contributed by atoms with van der Waals surface area (Å²) in [7, 11) is 0. The van der Waals surface area contributed by atoms with Crippen molar-refractivity contribution in [3.8, 4) is 0 Å². The van der Waals surface area contributed by atoms with Crippen molar-refractivity contribution in [2.75, 3.05) is 0 Å². The van der Waals surface area contributed by atoms with Gasteiger partial charge in [0.05, 0.1) is 0 Å². The van der Waals surface area contributed by atoms with Gasteiger partial charge < -0.3 is 0 Å². The molecular weight excluding hydrogens is 164 g/mol. The third-order valence-corrected chi connectivity index (χ3v) is 1.12. The first-order chi connectivity index (χ1) is 3.77. The predicted molar refractivity (Wildman–Crippen MR) is 42.1 cm³/mol. The summed E-state index contributed by atoms with van der Waals surface area (Å²) in [4.78, 5) is 0. The van der Waals surface area contributed by atoms with Crippen molar-refractivity contribution in [3.05, 3.63) is 23.2 Å². The van der Waals surface area contributed by atoms with Gasteiger partial charge in [-0.1, -0.05) is 28.1 Å². The molecule has 0 spiro atoms. The lowest BCUT2D eigenvalue weighted by Gasteiger charge is -1.84. The minimum absolute atomic E-state index is 1.07. The first-order valence-corrected chi connectivity index (χ1v) is 3.50. The third-order valence-electron chi connectivity index (χ3n) is 0.796. The van der Waals surface area contributed by atoms with E-state index in [2.05, 4.69) is 28.6 Å². The fourth-order valence-electron chi connectivity index (χ4n) is 0.400. The van der Waals surface area contributed by atoms with E-state index in [0.717, 1.165) is 12.8 Å². The molecule has 0 aliphatic carbocycles. The number of unbranched alkanes of at least 4 members (excludes halogenated alkanes) is 1. The number of allylic oxidation sites excluding steroid dienone is 3. The second kappa shape index (κ2) is 5.10. The van der Waals surface area contributed by atoms with Crippen LogP contribution in [0.4, 0.5) is 0 Å². The van der Waals surface area contributed by atoms with Crippen molar-refractivity contribution in [1.29, 1.82) is 0 Å². The normalized spacial score (nSPS) is 11.5. The zero-order chi connectivity index (χ0) is 6.41. The molecule has 0 radical (unpaired) electrons. The van der Waals surface area contributed by atoms with Gasteiger partial charge in [0.1, 0.15) is 0 Å².